The van der Waals surface area contributed by atoms with Gasteiger partial charge in [-0.3, -0.25) is 4.79 Å². The maximum Gasteiger partial charge on any atom is 0.192 e. The van der Waals surface area contributed by atoms with E-state index in [1.54, 1.807) is 0 Å². The van der Waals surface area contributed by atoms with E-state index in [0.717, 1.165) is 51.6 Å². The molecule has 1 N–H and O–H groups in total. The van der Waals surface area contributed by atoms with E-state index < -0.39 is 8.32 Å². The number of aliphatic hydroxyl groups excluding tert-OH is 1. The van der Waals surface area contributed by atoms with Gasteiger partial charge in [0.1, 0.15) is 0 Å². The first-order valence-corrected chi connectivity index (χ1v) is 15.8. The minimum atomic E-state index is -1.86. The number of fused-ring (bicyclic) bond motifs is 5. The van der Waals surface area contributed by atoms with E-state index in [2.05, 4.69) is 62.8 Å². The third-order valence-corrected chi connectivity index (χ3v) is 15.3. The molecule has 0 unspecified atom stereocenters. The lowest BCUT2D eigenvalue weighted by atomic mass is 9.47. The van der Waals surface area contributed by atoms with E-state index in [4.69, 9.17) is 4.43 Å². The molecule has 0 bridgehead atoms. The topological polar surface area (TPSA) is 46.5 Å². The standard InChI is InChI=1S/C25H41BrO3Si/c1-23(2,3)30(5,6)29-15-25-12-9-17(27)13-16(25)7-8-18-19(25)10-11-24(4)20(18)14-21(26)22(24)28/h7,17-21,27H,8-15H2,1-6H3/t17-,18+,19-,20-,21+,24-,25+/m0/s1. The van der Waals surface area contributed by atoms with Crippen molar-refractivity contribution in [3.8, 4) is 0 Å². The molecule has 7 atom stereocenters. The van der Waals surface area contributed by atoms with E-state index in [0.29, 0.717) is 23.5 Å². The molecule has 4 rings (SSSR count). The van der Waals surface area contributed by atoms with Gasteiger partial charge in [0.05, 0.1) is 10.9 Å². The first kappa shape index (κ1) is 23.2. The zero-order chi connectivity index (χ0) is 22.1. The van der Waals surface area contributed by atoms with Gasteiger partial charge in [-0.25, -0.2) is 0 Å². The molecule has 0 aromatic rings. The monoisotopic (exact) mass is 496 g/mol. The minimum Gasteiger partial charge on any atom is -0.416 e. The molecule has 5 heteroatoms. The van der Waals surface area contributed by atoms with Gasteiger partial charge in [-0.2, -0.15) is 0 Å². The van der Waals surface area contributed by atoms with E-state index in [-0.39, 0.29) is 26.8 Å². The highest BCUT2D eigenvalue weighted by Gasteiger charge is 2.62. The first-order chi connectivity index (χ1) is 13.8. The zero-order valence-corrected chi connectivity index (χ0v) is 22.3. The predicted octanol–water partition coefficient (Wildman–Crippen LogP) is 6.25. The maximum atomic E-state index is 13.0. The van der Waals surface area contributed by atoms with Crippen molar-refractivity contribution in [2.24, 2.45) is 28.6 Å². The van der Waals surface area contributed by atoms with Crippen LogP contribution in [0.1, 0.15) is 72.6 Å². The SMILES string of the molecule is CC(C)(C)[Si](C)(C)OC[C@]12CC[C@H](O)CC1=CC[C@@H]1[C@@H]2CC[C@]2(C)C(=O)[C@H](Br)C[C@@H]12. The summed E-state index contributed by atoms with van der Waals surface area (Å²) in [6.45, 7) is 14.7. The van der Waals surface area contributed by atoms with Crippen molar-refractivity contribution in [3.05, 3.63) is 11.6 Å². The van der Waals surface area contributed by atoms with Crippen LogP contribution in [0, 0.1) is 28.6 Å². The second-order valence-electron chi connectivity index (χ2n) is 12.5. The van der Waals surface area contributed by atoms with Crippen LogP contribution in [-0.2, 0) is 9.22 Å². The number of rotatable bonds is 3. The molecule has 4 aliphatic carbocycles. The molecule has 4 aliphatic rings. The van der Waals surface area contributed by atoms with Gasteiger partial charge in [0.25, 0.3) is 0 Å². The van der Waals surface area contributed by atoms with Crippen molar-refractivity contribution in [1.82, 2.24) is 0 Å². The number of allylic oxidation sites excluding steroid dienone is 1. The molecule has 3 nitrogen and oxygen atoms in total. The van der Waals surface area contributed by atoms with E-state index in [1.165, 1.54) is 5.57 Å². The summed E-state index contributed by atoms with van der Waals surface area (Å²) in [4.78, 5) is 13.0. The molecule has 0 aromatic heterocycles. The summed E-state index contributed by atoms with van der Waals surface area (Å²) < 4.78 is 6.90. The highest BCUT2D eigenvalue weighted by molar-refractivity contribution is 9.10. The molecule has 0 aromatic carbocycles. The third-order valence-electron chi connectivity index (χ3n) is 10.00. The molecule has 170 valence electrons. The second-order valence-corrected chi connectivity index (χ2v) is 18.4. The van der Waals surface area contributed by atoms with Crippen molar-refractivity contribution in [1.29, 1.82) is 0 Å². The molecule has 0 spiro atoms. The van der Waals surface area contributed by atoms with Crippen LogP contribution in [0.4, 0.5) is 0 Å². The smallest absolute Gasteiger partial charge is 0.192 e. The summed E-state index contributed by atoms with van der Waals surface area (Å²) >= 11 is 3.70. The molecule has 30 heavy (non-hydrogen) atoms. The van der Waals surface area contributed by atoms with Crippen LogP contribution in [0.25, 0.3) is 0 Å². The third kappa shape index (κ3) is 3.45. The van der Waals surface area contributed by atoms with Gasteiger partial charge in [-0.1, -0.05) is 55.3 Å². The number of carbonyl (C=O) groups excluding carboxylic acids is 1. The van der Waals surface area contributed by atoms with Crippen molar-refractivity contribution in [2.75, 3.05) is 6.61 Å². The van der Waals surface area contributed by atoms with Gasteiger partial charge in [0, 0.05) is 17.4 Å². The van der Waals surface area contributed by atoms with Crippen LogP contribution < -0.4 is 0 Å². The van der Waals surface area contributed by atoms with Crippen LogP contribution in [0.3, 0.4) is 0 Å². The Kier molecular flexibility index (Phi) is 5.82. The van der Waals surface area contributed by atoms with Crippen LogP contribution >= 0.6 is 15.9 Å². The molecule has 0 radical (unpaired) electrons. The summed E-state index contributed by atoms with van der Waals surface area (Å²) in [5.74, 6) is 2.06. The molecule has 0 saturated heterocycles. The number of ketones is 1. The van der Waals surface area contributed by atoms with E-state index >= 15 is 0 Å². The Morgan fingerprint density at radius 3 is 2.60 bits per heavy atom. The summed E-state index contributed by atoms with van der Waals surface area (Å²) in [5.41, 5.74) is 1.37. The Bertz CT molecular complexity index is 741. The average Bonchev–Trinajstić information content (AvgIpc) is 2.89. The number of alkyl halides is 1. The maximum absolute atomic E-state index is 13.0. The van der Waals surface area contributed by atoms with Gasteiger partial charge in [0.2, 0.25) is 0 Å². The van der Waals surface area contributed by atoms with Gasteiger partial charge >= 0.3 is 0 Å². The number of aliphatic hydroxyl groups is 1. The Balaban J connectivity index is 1.68. The zero-order valence-electron chi connectivity index (χ0n) is 19.8. The molecular formula is C25H41BrO3Si. The van der Waals surface area contributed by atoms with Gasteiger partial charge in [0.15, 0.2) is 14.1 Å². The largest absolute Gasteiger partial charge is 0.416 e. The molecule has 3 saturated carbocycles. The first-order valence-electron chi connectivity index (χ1n) is 12.0. The molecule has 0 aliphatic heterocycles. The number of halogens is 1. The molecule has 0 heterocycles. The van der Waals surface area contributed by atoms with E-state index in [1.807, 2.05) is 0 Å². The second kappa shape index (κ2) is 7.53. The highest BCUT2D eigenvalue weighted by atomic mass is 79.9. The number of carbonyl (C=O) groups is 1. The van der Waals surface area contributed by atoms with Crippen molar-refractivity contribution >= 4 is 30.0 Å². The fraction of sp³-hybridized carbons (Fsp3) is 0.880. The number of hydrogen-bond donors (Lipinski definition) is 1. The Labute approximate surface area is 192 Å². The van der Waals surface area contributed by atoms with Crippen molar-refractivity contribution in [3.63, 3.8) is 0 Å². The lowest BCUT2D eigenvalue weighted by Crippen LogP contribution is -2.55. The fourth-order valence-electron chi connectivity index (χ4n) is 6.98. The van der Waals surface area contributed by atoms with Crippen LogP contribution in [-0.4, -0.2) is 36.7 Å². The molecule has 3 fully saturated rings. The van der Waals surface area contributed by atoms with E-state index in [9.17, 15) is 9.90 Å². The summed E-state index contributed by atoms with van der Waals surface area (Å²) in [6, 6.07) is 0. The molecular weight excluding hydrogens is 456 g/mol. The summed E-state index contributed by atoms with van der Waals surface area (Å²) in [7, 11) is -1.86. The van der Waals surface area contributed by atoms with Gasteiger partial charge in [-0.05, 0) is 80.8 Å². The Hall–Kier alpha value is 0.0269. The highest BCUT2D eigenvalue weighted by Crippen LogP contribution is 2.65. The average molecular weight is 498 g/mol. The Morgan fingerprint density at radius 2 is 1.93 bits per heavy atom. The van der Waals surface area contributed by atoms with Crippen LogP contribution in [0.2, 0.25) is 18.1 Å². The lowest BCUT2D eigenvalue weighted by molar-refractivity contribution is -0.132. The van der Waals surface area contributed by atoms with Crippen molar-refractivity contribution < 1.29 is 14.3 Å². The predicted molar refractivity (Wildman–Crippen MR) is 128 cm³/mol. The normalized spacial score (nSPS) is 44.2. The summed E-state index contributed by atoms with van der Waals surface area (Å²) in [6.07, 6.45) is 9.16. The fourth-order valence-corrected chi connectivity index (χ4v) is 8.96. The number of hydrogen-bond acceptors (Lipinski definition) is 3. The van der Waals surface area contributed by atoms with Crippen LogP contribution in [0.15, 0.2) is 11.6 Å². The number of Topliss-reactive ketones (excluding diaryl/α,β-unsaturated/α-hetero) is 1. The summed E-state index contributed by atoms with van der Waals surface area (Å²) in [5, 5.41) is 10.6. The van der Waals surface area contributed by atoms with Crippen LogP contribution in [0.5, 0.6) is 0 Å². The quantitative estimate of drug-likeness (QED) is 0.285. The lowest BCUT2D eigenvalue weighted by Gasteiger charge is -2.58. The van der Waals surface area contributed by atoms with Gasteiger partial charge in [-0.15, -0.1) is 0 Å². The Morgan fingerprint density at radius 1 is 1.23 bits per heavy atom. The molecule has 0 amide bonds. The minimum absolute atomic E-state index is 0.0317. The van der Waals surface area contributed by atoms with Crippen molar-refractivity contribution in [2.45, 2.75) is 102 Å². The van der Waals surface area contributed by atoms with Gasteiger partial charge < -0.3 is 9.53 Å².